The number of aliphatic hydroxyl groups excluding tert-OH is 1. The van der Waals surface area contributed by atoms with E-state index in [0.29, 0.717) is 32.1 Å². The van der Waals surface area contributed by atoms with E-state index >= 15 is 0 Å². The van der Waals surface area contributed by atoms with Crippen molar-refractivity contribution in [2.24, 2.45) is 0 Å². The largest absolute Gasteiger partial charge is 0.502 e. The molecule has 0 bridgehead atoms. The topological polar surface area (TPSA) is 94.5 Å². The minimum atomic E-state index is -2.51. The van der Waals surface area contributed by atoms with Crippen LogP contribution in [0.3, 0.4) is 0 Å². The van der Waals surface area contributed by atoms with Gasteiger partial charge in [-0.05, 0) is 25.3 Å². The van der Waals surface area contributed by atoms with Gasteiger partial charge in [-0.15, -0.1) is 0 Å². The zero-order valence-electron chi connectivity index (χ0n) is 12.3. The molecule has 118 valence electrons. The van der Waals surface area contributed by atoms with Crippen molar-refractivity contribution in [3.8, 4) is 0 Å². The van der Waals surface area contributed by atoms with E-state index in [1.165, 1.54) is 6.08 Å². The van der Waals surface area contributed by atoms with Gasteiger partial charge in [0.05, 0.1) is 0 Å². The Balaban J connectivity index is 3.63. The van der Waals surface area contributed by atoms with Crippen LogP contribution in [0.2, 0.25) is 6.04 Å². The molecular weight excluding hydrogens is 284 g/mol. The number of carbonyl (C=O) groups is 1. The zero-order chi connectivity index (χ0) is 15.4. The standard InChI is InChI=1S/C12H24O7Si/c1-16-20(17-2,18-3)10-6-9-19-8-5-4-7-11(13)12(14)15/h7,13H,4-6,8-10H2,1-3H3,(H,14,15). The number of allylic oxidation sites excluding steroid dienone is 1. The first-order valence-electron chi connectivity index (χ1n) is 6.37. The Labute approximate surface area is 120 Å². The predicted octanol–water partition coefficient (Wildman–Crippen LogP) is 1.58. The van der Waals surface area contributed by atoms with Crippen molar-refractivity contribution in [1.82, 2.24) is 0 Å². The van der Waals surface area contributed by atoms with Crippen LogP contribution >= 0.6 is 0 Å². The smallest absolute Gasteiger partial charge is 0.500 e. The monoisotopic (exact) mass is 308 g/mol. The van der Waals surface area contributed by atoms with E-state index < -0.39 is 20.5 Å². The van der Waals surface area contributed by atoms with Crippen LogP contribution in [-0.4, -0.2) is 59.5 Å². The lowest BCUT2D eigenvalue weighted by Crippen LogP contribution is -2.42. The molecule has 20 heavy (non-hydrogen) atoms. The first-order chi connectivity index (χ1) is 9.51. The number of rotatable bonds is 12. The molecule has 0 aliphatic carbocycles. The van der Waals surface area contributed by atoms with E-state index in [0.717, 1.165) is 6.42 Å². The molecule has 0 aliphatic rings. The highest BCUT2D eigenvalue weighted by molar-refractivity contribution is 6.60. The predicted molar refractivity (Wildman–Crippen MR) is 74.6 cm³/mol. The molecule has 0 saturated carbocycles. The lowest BCUT2D eigenvalue weighted by Gasteiger charge is -2.24. The van der Waals surface area contributed by atoms with Gasteiger partial charge >= 0.3 is 14.8 Å². The highest BCUT2D eigenvalue weighted by Gasteiger charge is 2.36. The van der Waals surface area contributed by atoms with Gasteiger partial charge < -0.3 is 28.2 Å². The van der Waals surface area contributed by atoms with Gasteiger partial charge in [0, 0.05) is 40.6 Å². The first kappa shape index (κ1) is 19.1. The fourth-order valence-corrected chi connectivity index (χ4v) is 3.25. The summed E-state index contributed by atoms with van der Waals surface area (Å²) in [7, 11) is 2.20. The molecule has 0 aromatic rings. The van der Waals surface area contributed by atoms with E-state index in [4.69, 9.17) is 28.2 Å². The average molecular weight is 308 g/mol. The maximum absolute atomic E-state index is 10.3. The summed E-state index contributed by atoms with van der Waals surface area (Å²) in [6.07, 6.45) is 3.14. The van der Waals surface area contributed by atoms with Crippen molar-refractivity contribution in [2.45, 2.75) is 25.3 Å². The van der Waals surface area contributed by atoms with Gasteiger partial charge in [-0.25, -0.2) is 4.79 Å². The third-order valence-corrected chi connectivity index (χ3v) is 5.59. The molecule has 0 heterocycles. The summed E-state index contributed by atoms with van der Waals surface area (Å²) in [5.74, 6) is -1.94. The van der Waals surface area contributed by atoms with Crippen molar-refractivity contribution in [3.05, 3.63) is 11.8 Å². The molecule has 0 atom stereocenters. The summed E-state index contributed by atoms with van der Waals surface area (Å²) < 4.78 is 21.2. The summed E-state index contributed by atoms with van der Waals surface area (Å²) in [6.45, 7) is 1.06. The molecule has 0 aromatic heterocycles. The van der Waals surface area contributed by atoms with Crippen LogP contribution in [0.25, 0.3) is 0 Å². The van der Waals surface area contributed by atoms with Crippen molar-refractivity contribution in [2.75, 3.05) is 34.5 Å². The molecule has 7 nitrogen and oxygen atoms in total. The summed E-state index contributed by atoms with van der Waals surface area (Å²) >= 11 is 0. The van der Waals surface area contributed by atoms with E-state index in [2.05, 4.69) is 0 Å². The van der Waals surface area contributed by atoms with Crippen LogP contribution in [-0.2, 0) is 22.8 Å². The molecule has 2 N–H and O–H groups in total. The van der Waals surface area contributed by atoms with Gasteiger partial charge in [0.2, 0.25) is 0 Å². The second-order valence-corrected chi connectivity index (χ2v) is 7.14. The lowest BCUT2D eigenvalue weighted by molar-refractivity contribution is -0.135. The minimum Gasteiger partial charge on any atom is -0.502 e. The molecule has 0 amide bonds. The quantitative estimate of drug-likeness (QED) is 0.244. The molecule has 8 heteroatoms. The molecule has 0 spiro atoms. The molecule has 0 radical (unpaired) electrons. The average Bonchev–Trinajstić information content (AvgIpc) is 2.46. The Morgan fingerprint density at radius 1 is 1.05 bits per heavy atom. The summed E-state index contributed by atoms with van der Waals surface area (Å²) in [6, 6.07) is 0.677. The Morgan fingerprint density at radius 2 is 1.60 bits per heavy atom. The SMILES string of the molecule is CO[Si](CCCOCCCC=C(O)C(=O)O)(OC)OC. The number of ether oxygens (including phenoxy) is 1. The molecule has 0 aliphatic heterocycles. The molecule has 0 aromatic carbocycles. The van der Waals surface area contributed by atoms with Gasteiger partial charge in [0.15, 0.2) is 5.76 Å². The Morgan fingerprint density at radius 3 is 2.10 bits per heavy atom. The van der Waals surface area contributed by atoms with Crippen LogP contribution in [0.15, 0.2) is 11.8 Å². The van der Waals surface area contributed by atoms with Crippen molar-refractivity contribution >= 4 is 14.8 Å². The number of unbranched alkanes of at least 4 members (excludes halogenated alkanes) is 1. The zero-order valence-corrected chi connectivity index (χ0v) is 13.3. The molecule has 0 rings (SSSR count). The minimum absolute atomic E-state index is 0.463. The van der Waals surface area contributed by atoms with Crippen molar-refractivity contribution in [3.63, 3.8) is 0 Å². The number of aliphatic carboxylic acids is 1. The molecule has 0 saturated heterocycles. The fraction of sp³-hybridized carbons (Fsp3) is 0.750. The van der Waals surface area contributed by atoms with Crippen molar-refractivity contribution < 1.29 is 33.0 Å². The van der Waals surface area contributed by atoms with E-state index in [1.54, 1.807) is 21.3 Å². The number of hydrogen-bond acceptors (Lipinski definition) is 6. The second-order valence-electron chi connectivity index (χ2n) is 4.05. The van der Waals surface area contributed by atoms with Crippen LogP contribution < -0.4 is 0 Å². The van der Waals surface area contributed by atoms with Gasteiger partial charge in [0.25, 0.3) is 0 Å². The maximum atomic E-state index is 10.3. The lowest BCUT2D eigenvalue weighted by atomic mass is 10.3. The third kappa shape index (κ3) is 7.61. The van der Waals surface area contributed by atoms with Gasteiger partial charge in [-0.2, -0.15) is 0 Å². The summed E-state index contributed by atoms with van der Waals surface area (Å²) in [5.41, 5.74) is 0. The number of carboxylic acid groups (broad SMARTS) is 1. The van der Waals surface area contributed by atoms with Crippen LogP contribution in [0.4, 0.5) is 0 Å². The van der Waals surface area contributed by atoms with E-state index in [1.807, 2.05) is 0 Å². The van der Waals surface area contributed by atoms with Crippen molar-refractivity contribution in [1.29, 1.82) is 0 Å². The number of aliphatic hydroxyl groups is 1. The highest BCUT2D eigenvalue weighted by Crippen LogP contribution is 2.14. The number of carboxylic acids is 1. The first-order valence-corrected chi connectivity index (χ1v) is 8.30. The normalized spacial score (nSPS) is 12.7. The second kappa shape index (κ2) is 10.8. The molecule has 0 unspecified atom stereocenters. The summed E-state index contributed by atoms with van der Waals surface area (Å²) in [5, 5.41) is 17.3. The fourth-order valence-electron chi connectivity index (χ4n) is 1.56. The summed E-state index contributed by atoms with van der Waals surface area (Å²) in [4.78, 5) is 10.3. The van der Waals surface area contributed by atoms with Gasteiger partial charge in [-0.3, -0.25) is 0 Å². The van der Waals surface area contributed by atoms with Crippen LogP contribution in [0, 0.1) is 0 Å². The maximum Gasteiger partial charge on any atom is 0.500 e. The Hall–Kier alpha value is -0.933. The molecule has 0 fully saturated rings. The van der Waals surface area contributed by atoms with E-state index in [-0.39, 0.29) is 0 Å². The highest BCUT2D eigenvalue weighted by atomic mass is 28.4. The Kier molecular flexibility index (Phi) is 10.3. The third-order valence-electron chi connectivity index (χ3n) is 2.75. The number of hydrogen-bond donors (Lipinski definition) is 2. The van der Waals surface area contributed by atoms with Crippen LogP contribution in [0.1, 0.15) is 19.3 Å². The molecular formula is C12H24O7Si. The van der Waals surface area contributed by atoms with Crippen LogP contribution in [0.5, 0.6) is 0 Å². The van der Waals surface area contributed by atoms with Gasteiger partial charge in [-0.1, -0.05) is 0 Å². The Bertz CT molecular complexity index is 294. The van der Waals surface area contributed by atoms with Gasteiger partial charge in [0.1, 0.15) is 0 Å². The van der Waals surface area contributed by atoms with E-state index in [9.17, 15) is 4.79 Å².